The molecule has 3 rings (SSSR count). The summed E-state index contributed by atoms with van der Waals surface area (Å²) >= 11 is 0. The summed E-state index contributed by atoms with van der Waals surface area (Å²) in [5.41, 5.74) is 3.39. The topological polar surface area (TPSA) is 77.8 Å². The second kappa shape index (κ2) is 8.36. The molecule has 2 aromatic rings. The molecule has 0 bridgehead atoms. The Balaban J connectivity index is 1.91. The van der Waals surface area contributed by atoms with Crippen LogP contribution in [-0.4, -0.2) is 40.1 Å². The van der Waals surface area contributed by atoms with Gasteiger partial charge in [0.25, 0.3) is 0 Å². The molecule has 0 atom stereocenters. The Morgan fingerprint density at radius 2 is 1.48 bits per heavy atom. The molecule has 2 aromatic carbocycles. The van der Waals surface area contributed by atoms with Crippen molar-refractivity contribution < 1.29 is 19.8 Å². The predicted octanol–water partition coefficient (Wildman–Crippen LogP) is 3.50. The predicted molar refractivity (Wildman–Crippen MR) is 102 cm³/mol. The largest absolute Gasteiger partial charge is 0.478 e. The Kier molecular flexibility index (Phi) is 5.71. The van der Waals surface area contributed by atoms with E-state index in [1.54, 1.807) is 4.90 Å². The third-order valence-corrected chi connectivity index (χ3v) is 4.70. The third kappa shape index (κ3) is 4.44. The Bertz CT molecular complexity index is 832. The molecule has 0 fully saturated rings. The molecule has 0 amide bonds. The van der Waals surface area contributed by atoms with Gasteiger partial charge in [0.05, 0.1) is 6.08 Å². The highest BCUT2D eigenvalue weighted by atomic mass is 16.4. The number of rotatable bonds is 6. The zero-order valence-corrected chi connectivity index (χ0v) is 14.8. The molecule has 0 unspecified atom stereocenters. The molecule has 5 heteroatoms. The molecule has 1 aliphatic heterocycles. The Labute approximate surface area is 157 Å². The van der Waals surface area contributed by atoms with Crippen molar-refractivity contribution in [2.75, 3.05) is 13.1 Å². The number of hydrogen-bond acceptors (Lipinski definition) is 3. The van der Waals surface area contributed by atoms with E-state index in [4.69, 9.17) is 5.11 Å². The van der Waals surface area contributed by atoms with Crippen LogP contribution in [0.3, 0.4) is 0 Å². The van der Waals surface area contributed by atoms with E-state index >= 15 is 0 Å². The molecular weight excluding hydrogens is 342 g/mol. The number of benzene rings is 2. The molecule has 0 saturated carbocycles. The molecule has 2 N–H and O–H groups in total. The zero-order chi connectivity index (χ0) is 19.2. The minimum Gasteiger partial charge on any atom is -0.478 e. The van der Waals surface area contributed by atoms with Gasteiger partial charge in [-0.1, -0.05) is 72.3 Å². The number of carbonyl (C=O) groups is 2. The summed E-state index contributed by atoms with van der Waals surface area (Å²) in [6.45, 7) is 0.838. The summed E-state index contributed by atoms with van der Waals surface area (Å²) in [6, 6.07) is 20.4. The van der Waals surface area contributed by atoms with E-state index < -0.39 is 11.9 Å². The quantitative estimate of drug-likeness (QED) is 0.607. The molecule has 5 nitrogen and oxygen atoms in total. The van der Waals surface area contributed by atoms with Crippen molar-refractivity contribution in [2.45, 2.75) is 12.3 Å². The number of carboxylic acids is 2. The number of carboxylic acid groups (broad SMARTS) is 2. The van der Waals surface area contributed by atoms with Crippen molar-refractivity contribution in [1.29, 1.82) is 0 Å². The summed E-state index contributed by atoms with van der Waals surface area (Å²) in [6.07, 6.45) is 3.44. The first-order chi connectivity index (χ1) is 13.1. The Morgan fingerprint density at radius 3 is 1.89 bits per heavy atom. The fourth-order valence-corrected chi connectivity index (χ4v) is 3.48. The molecule has 0 radical (unpaired) electrons. The molecule has 1 heterocycles. The van der Waals surface area contributed by atoms with Gasteiger partial charge in [-0.25, -0.2) is 9.59 Å². The normalized spacial score (nSPS) is 14.8. The first-order valence-corrected chi connectivity index (χ1v) is 8.78. The van der Waals surface area contributed by atoms with Gasteiger partial charge in [-0.3, -0.25) is 0 Å². The third-order valence-electron chi connectivity index (χ3n) is 4.70. The summed E-state index contributed by atoms with van der Waals surface area (Å²) in [4.78, 5) is 23.9. The molecule has 0 saturated heterocycles. The van der Waals surface area contributed by atoms with Gasteiger partial charge in [0.15, 0.2) is 0 Å². The van der Waals surface area contributed by atoms with Crippen molar-refractivity contribution in [3.05, 3.63) is 95.2 Å². The highest BCUT2D eigenvalue weighted by molar-refractivity contribution is 5.94. The van der Waals surface area contributed by atoms with E-state index in [0.717, 1.165) is 6.08 Å². The van der Waals surface area contributed by atoms with Gasteiger partial charge in [0.1, 0.15) is 5.70 Å². The van der Waals surface area contributed by atoms with Crippen LogP contribution in [0.15, 0.2) is 84.1 Å². The smallest absolute Gasteiger partial charge is 0.352 e. The van der Waals surface area contributed by atoms with Crippen molar-refractivity contribution in [2.24, 2.45) is 0 Å². The molecule has 1 aliphatic rings. The molecule has 0 aromatic heterocycles. The molecule has 0 spiro atoms. The fraction of sp³-hybridized carbons (Fsp3) is 0.182. The number of aliphatic carboxylic acids is 2. The maximum absolute atomic E-state index is 11.4. The minimum atomic E-state index is -1.26. The first kappa shape index (κ1) is 18.5. The summed E-state index contributed by atoms with van der Waals surface area (Å²) in [5.74, 6) is -2.38. The minimum absolute atomic E-state index is 0.103. The molecular formula is C22H21NO4. The second-order valence-electron chi connectivity index (χ2n) is 6.40. The number of nitrogens with zero attached hydrogens (tertiary/aromatic N) is 1. The lowest BCUT2D eigenvalue weighted by atomic mass is 9.82. The van der Waals surface area contributed by atoms with Gasteiger partial charge < -0.3 is 15.1 Å². The van der Waals surface area contributed by atoms with Crippen LogP contribution in [0.1, 0.15) is 23.5 Å². The van der Waals surface area contributed by atoms with E-state index in [9.17, 15) is 14.7 Å². The standard InChI is InChI=1S/C22H21NO4/c24-20(25)15-19(22(26)27)23-13-11-18(12-14-23)21(16-7-3-1-4-8-16)17-9-5-2-6-10-17/h1-11,15,21H,12-14H2,(H,24,25)(H,26,27)/b19-15-. The summed E-state index contributed by atoms with van der Waals surface area (Å²) in [7, 11) is 0. The highest BCUT2D eigenvalue weighted by Gasteiger charge is 2.25. The molecule has 138 valence electrons. The van der Waals surface area contributed by atoms with Crippen LogP contribution in [0, 0.1) is 0 Å². The van der Waals surface area contributed by atoms with Gasteiger partial charge in [-0.2, -0.15) is 0 Å². The van der Waals surface area contributed by atoms with Crippen molar-refractivity contribution in [3.8, 4) is 0 Å². The summed E-state index contributed by atoms with van der Waals surface area (Å²) in [5, 5.41) is 18.2. The lowest BCUT2D eigenvalue weighted by molar-refractivity contribution is -0.136. The van der Waals surface area contributed by atoms with Crippen LogP contribution in [-0.2, 0) is 9.59 Å². The van der Waals surface area contributed by atoms with Gasteiger partial charge in [-0.05, 0) is 17.5 Å². The van der Waals surface area contributed by atoms with Crippen molar-refractivity contribution in [3.63, 3.8) is 0 Å². The second-order valence-corrected chi connectivity index (χ2v) is 6.40. The number of hydrogen-bond donors (Lipinski definition) is 2. The maximum atomic E-state index is 11.4. The van der Waals surface area contributed by atoms with E-state index in [0.29, 0.717) is 19.5 Å². The van der Waals surface area contributed by atoms with Crippen molar-refractivity contribution >= 4 is 11.9 Å². The molecule has 0 aliphatic carbocycles. The van der Waals surface area contributed by atoms with Crippen LogP contribution in [0.2, 0.25) is 0 Å². The van der Waals surface area contributed by atoms with Gasteiger partial charge in [0, 0.05) is 19.0 Å². The Hall–Kier alpha value is -3.34. The highest BCUT2D eigenvalue weighted by Crippen LogP contribution is 2.35. The van der Waals surface area contributed by atoms with E-state index in [2.05, 4.69) is 24.3 Å². The van der Waals surface area contributed by atoms with E-state index in [1.807, 2.05) is 42.5 Å². The van der Waals surface area contributed by atoms with Crippen LogP contribution in [0.25, 0.3) is 0 Å². The van der Waals surface area contributed by atoms with E-state index in [1.165, 1.54) is 16.7 Å². The SMILES string of the molecule is O=C(O)/C=C(/C(=O)O)N1CC=C(C(c2ccccc2)c2ccccc2)CC1. The average Bonchev–Trinajstić information content (AvgIpc) is 2.68. The van der Waals surface area contributed by atoms with Crippen LogP contribution in [0.4, 0.5) is 0 Å². The summed E-state index contributed by atoms with van der Waals surface area (Å²) < 4.78 is 0. The van der Waals surface area contributed by atoms with Gasteiger partial charge >= 0.3 is 11.9 Å². The van der Waals surface area contributed by atoms with Crippen LogP contribution in [0.5, 0.6) is 0 Å². The maximum Gasteiger partial charge on any atom is 0.352 e. The fourth-order valence-electron chi connectivity index (χ4n) is 3.48. The average molecular weight is 363 g/mol. The zero-order valence-electron chi connectivity index (χ0n) is 14.8. The van der Waals surface area contributed by atoms with Crippen LogP contribution < -0.4 is 0 Å². The Morgan fingerprint density at radius 1 is 0.926 bits per heavy atom. The van der Waals surface area contributed by atoms with Gasteiger partial charge in [0.2, 0.25) is 0 Å². The van der Waals surface area contributed by atoms with Gasteiger partial charge in [-0.15, -0.1) is 0 Å². The lowest BCUT2D eigenvalue weighted by Gasteiger charge is -2.32. The molecule has 27 heavy (non-hydrogen) atoms. The first-order valence-electron chi connectivity index (χ1n) is 8.78. The van der Waals surface area contributed by atoms with E-state index in [-0.39, 0.29) is 11.6 Å². The van der Waals surface area contributed by atoms with Crippen LogP contribution >= 0.6 is 0 Å². The van der Waals surface area contributed by atoms with Crippen molar-refractivity contribution in [1.82, 2.24) is 4.90 Å². The lowest BCUT2D eigenvalue weighted by Crippen LogP contribution is -2.33. The monoisotopic (exact) mass is 363 g/mol.